The fraction of sp³-hybridized carbons (Fsp3) is 0.100. The zero-order valence-electron chi connectivity index (χ0n) is 13.6. The molecule has 0 spiro atoms. The van der Waals surface area contributed by atoms with Crippen LogP contribution in [0.25, 0.3) is 0 Å². The van der Waals surface area contributed by atoms with Crippen LogP contribution in [0.3, 0.4) is 0 Å². The van der Waals surface area contributed by atoms with Gasteiger partial charge in [-0.1, -0.05) is 30.3 Å². The Hall–Kier alpha value is -3.28. The standard InChI is InChI=1S/C20H14F2N2O2/c21-13-6-7-14(16(22)10-13)19(26)15-8-9-18(25)24-11-17(23-20(15)24)12-4-2-1-3-5-12/h1-10,17,23H,11H2. The third-order valence-electron chi connectivity index (χ3n) is 4.48. The van der Waals surface area contributed by atoms with Gasteiger partial charge in [0, 0.05) is 12.1 Å². The maximum absolute atomic E-state index is 14.0. The summed E-state index contributed by atoms with van der Waals surface area (Å²) in [4.78, 5) is 25.0. The van der Waals surface area contributed by atoms with Crippen molar-refractivity contribution < 1.29 is 13.6 Å². The van der Waals surface area contributed by atoms with Crippen LogP contribution >= 0.6 is 0 Å². The number of pyridine rings is 1. The van der Waals surface area contributed by atoms with Crippen LogP contribution in [-0.4, -0.2) is 10.4 Å². The van der Waals surface area contributed by atoms with Crippen molar-refractivity contribution in [2.24, 2.45) is 0 Å². The van der Waals surface area contributed by atoms with Gasteiger partial charge in [-0.15, -0.1) is 0 Å². The first-order valence-corrected chi connectivity index (χ1v) is 8.09. The molecular weight excluding hydrogens is 338 g/mol. The van der Waals surface area contributed by atoms with E-state index in [9.17, 15) is 18.4 Å². The highest BCUT2D eigenvalue weighted by atomic mass is 19.1. The number of carbonyl (C=O) groups excluding carboxylic acids is 1. The first-order chi connectivity index (χ1) is 12.5. The average Bonchev–Trinajstić information content (AvgIpc) is 3.08. The Kier molecular flexibility index (Phi) is 3.88. The number of fused-ring (bicyclic) bond motifs is 1. The third-order valence-corrected chi connectivity index (χ3v) is 4.48. The van der Waals surface area contributed by atoms with E-state index in [-0.39, 0.29) is 22.7 Å². The average molecular weight is 352 g/mol. The molecule has 0 amide bonds. The van der Waals surface area contributed by atoms with Crippen molar-refractivity contribution in [3.63, 3.8) is 0 Å². The number of hydrogen-bond donors (Lipinski definition) is 1. The zero-order chi connectivity index (χ0) is 18.3. The molecule has 2 aromatic carbocycles. The van der Waals surface area contributed by atoms with E-state index < -0.39 is 17.4 Å². The van der Waals surface area contributed by atoms with Gasteiger partial charge in [-0.25, -0.2) is 8.78 Å². The van der Waals surface area contributed by atoms with Crippen LogP contribution in [0, 0.1) is 11.6 Å². The van der Waals surface area contributed by atoms with Gasteiger partial charge in [-0.3, -0.25) is 14.2 Å². The highest BCUT2D eigenvalue weighted by molar-refractivity contribution is 6.12. The van der Waals surface area contributed by atoms with Crippen molar-refractivity contribution >= 4 is 11.6 Å². The number of aromatic nitrogens is 1. The Balaban J connectivity index is 1.76. The summed E-state index contributed by atoms with van der Waals surface area (Å²) in [5.41, 5.74) is 0.662. The maximum atomic E-state index is 14.0. The predicted octanol–water partition coefficient (Wildman–Crippen LogP) is 3.52. The van der Waals surface area contributed by atoms with Gasteiger partial charge in [-0.05, 0) is 23.8 Å². The molecule has 1 N–H and O–H groups in total. The number of anilines is 1. The summed E-state index contributed by atoms with van der Waals surface area (Å²) in [6.07, 6.45) is 0. The minimum Gasteiger partial charge on any atom is -0.362 e. The maximum Gasteiger partial charge on any atom is 0.252 e. The molecular formula is C20H14F2N2O2. The van der Waals surface area contributed by atoms with Gasteiger partial charge in [0.05, 0.1) is 23.7 Å². The molecule has 26 heavy (non-hydrogen) atoms. The number of nitrogens with zero attached hydrogens (tertiary/aromatic N) is 1. The predicted molar refractivity (Wildman–Crippen MR) is 93.3 cm³/mol. The Labute approximate surface area is 147 Å². The van der Waals surface area contributed by atoms with Crippen LogP contribution in [-0.2, 0) is 6.54 Å². The molecule has 4 nitrogen and oxygen atoms in total. The second-order valence-electron chi connectivity index (χ2n) is 6.11. The summed E-state index contributed by atoms with van der Waals surface area (Å²) in [6.45, 7) is 0.366. The lowest BCUT2D eigenvalue weighted by Gasteiger charge is -2.11. The number of halogens is 2. The van der Waals surface area contributed by atoms with E-state index in [1.165, 1.54) is 16.7 Å². The van der Waals surface area contributed by atoms with E-state index in [2.05, 4.69) is 5.32 Å². The summed E-state index contributed by atoms with van der Waals surface area (Å²) in [6, 6.07) is 14.8. The summed E-state index contributed by atoms with van der Waals surface area (Å²) in [5, 5.41) is 3.19. The van der Waals surface area contributed by atoms with Crippen LogP contribution in [0.1, 0.15) is 27.5 Å². The molecule has 1 unspecified atom stereocenters. The number of rotatable bonds is 3. The number of nitrogens with one attached hydrogen (secondary N) is 1. The Morgan fingerprint density at radius 2 is 1.73 bits per heavy atom. The molecule has 130 valence electrons. The highest BCUT2D eigenvalue weighted by Crippen LogP contribution is 2.31. The van der Waals surface area contributed by atoms with Crippen molar-refractivity contribution in [2.75, 3.05) is 5.32 Å². The molecule has 1 aliphatic heterocycles. The van der Waals surface area contributed by atoms with Crippen LogP contribution in [0.2, 0.25) is 0 Å². The van der Waals surface area contributed by atoms with Gasteiger partial charge in [0.15, 0.2) is 5.78 Å². The van der Waals surface area contributed by atoms with Crippen LogP contribution in [0.15, 0.2) is 65.5 Å². The van der Waals surface area contributed by atoms with Crippen molar-refractivity contribution in [3.8, 4) is 0 Å². The minimum absolute atomic E-state index is 0.170. The van der Waals surface area contributed by atoms with E-state index in [1.807, 2.05) is 30.3 Å². The van der Waals surface area contributed by atoms with Gasteiger partial charge in [0.2, 0.25) is 0 Å². The first-order valence-electron chi connectivity index (χ1n) is 8.09. The lowest BCUT2D eigenvalue weighted by Crippen LogP contribution is -2.19. The fourth-order valence-electron chi connectivity index (χ4n) is 3.19. The van der Waals surface area contributed by atoms with E-state index >= 15 is 0 Å². The number of benzene rings is 2. The smallest absolute Gasteiger partial charge is 0.252 e. The first kappa shape index (κ1) is 16.2. The van der Waals surface area contributed by atoms with E-state index in [0.717, 1.165) is 17.7 Å². The topological polar surface area (TPSA) is 51.1 Å². The molecule has 0 radical (unpaired) electrons. The Morgan fingerprint density at radius 3 is 2.46 bits per heavy atom. The van der Waals surface area contributed by atoms with Crippen molar-refractivity contribution in [1.82, 2.24) is 4.57 Å². The highest BCUT2D eigenvalue weighted by Gasteiger charge is 2.28. The summed E-state index contributed by atoms with van der Waals surface area (Å²) >= 11 is 0. The molecule has 0 saturated carbocycles. The van der Waals surface area contributed by atoms with E-state index in [1.54, 1.807) is 0 Å². The van der Waals surface area contributed by atoms with Crippen LogP contribution in [0.5, 0.6) is 0 Å². The van der Waals surface area contributed by atoms with Gasteiger partial charge >= 0.3 is 0 Å². The largest absolute Gasteiger partial charge is 0.362 e. The molecule has 0 aliphatic carbocycles. The normalized spacial score (nSPS) is 15.4. The zero-order valence-corrected chi connectivity index (χ0v) is 13.6. The molecule has 0 fully saturated rings. The monoisotopic (exact) mass is 352 g/mol. The number of hydrogen-bond acceptors (Lipinski definition) is 3. The molecule has 2 heterocycles. The SMILES string of the molecule is O=C(c1ccc(F)cc1F)c1ccc(=O)n2c1NC(c1ccccc1)C2. The Morgan fingerprint density at radius 1 is 1.00 bits per heavy atom. The molecule has 6 heteroatoms. The van der Waals surface area contributed by atoms with E-state index in [4.69, 9.17) is 0 Å². The van der Waals surface area contributed by atoms with E-state index in [0.29, 0.717) is 18.4 Å². The summed E-state index contributed by atoms with van der Waals surface area (Å²) in [5.74, 6) is -1.94. The molecule has 1 atom stereocenters. The van der Waals surface area contributed by atoms with Gasteiger partial charge in [0.1, 0.15) is 17.5 Å². The lowest BCUT2D eigenvalue weighted by molar-refractivity contribution is 0.103. The van der Waals surface area contributed by atoms with Gasteiger partial charge < -0.3 is 5.32 Å². The van der Waals surface area contributed by atoms with Crippen LogP contribution < -0.4 is 10.9 Å². The molecule has 4 rings (SSSR count). The van der Waals surface area contributed by atoms with Crippen molar-refractivity contribution in [1.29, 1.82) is 0 Å². The molecule has 3 aromatic rings. The van der Waals surface area contributed by atoms with Crippen LogP contribution in [0.4, 0.5) is 14.6 Å². The molecule has 0 saturated heterocycles. The van der Waals surface area contributed by atoms with Gasteiger partial charge in [-0.2, -0.15) is 0 Å². The van der Waals surface area contributed by atoms with Crippen molar-refractivity contribution in [2.45, 2.75) is 12.6 Å². The fourth-order valence-corrected chi connectivity index (χ4v) is 3.19. The summed E-state index contributed by atoms with van der Waals surface area (Å²) in [7, 11) is 0. The van der Waals surface area contributed by atoms with Crippen molar-refractivity contribution in [3.05, 3.63) is 99.3 Å². The number of carbonyl (C=O) groups is 1. The second kappa shape index (κ2) is 6.22. The second-order valence-corrected chi connectivity index (χ2v) is 6.11. The number of ketones is 1. The molecule has 0 bridgehead atoms. The third kappa shape index (κ3) is 2.69. The lowest BCUT2D eigenvalue weighted by atomic mass is 10.0. The Bertz CT molecular complexity index is 1060. The molecule has 1 aliphatic rings. The quantitative estimate of drug-likeness (QED) is 0.734. The van der Waals surface area contributed by atoms with Gasteiger partial charge in [0.25, 0.3) is 5.56 Å². The molecule has 1 aromatic heterocycles. The minimum atomic E-state index is -0.933. The summed E-state index contributed by atoms with van der Waals surface area (Å²) < 4.78 is 28.6.